The number of piperazine rings is 1. The summed E-state index contributed by atoms with van der Waals surface area (Å²) in [4.78, 5) is 26.4. The van der Waals surface area contributed by atoms with Crippen molar-refractivity contribution in [3.05, 3.63) is 12.4 Å². The predicted molar refractivity (Wildman–Crippen MR) is 61.2 cm³/mol. The average molecular weight is 237 g/mol. The summed E-state index contributed by atoms with van der Waals surface area (Å²) in [5, 5.41) is 4.02. The molecule has 2 N–H and O–H groups in total. The molecule has 1 fully saturated rings. The van der Waals surface area contributed by atoms with Gasteiger partial charge in [0.1, 0.15) is 6.54 Å². The molecule has 1 saturated heterocycles. The second kappa shape index (κ2) is 4.54. The van der Waals surface area contributed by atoms with Gasteiger partial charge in [-0.2, -0.15) is 5.10 Å². The van der Waals surface area contributed by atoms with Gasteiger partial charge in [-0.25, -0.2) is 0 Å². The van der Waals surface area contributed by atoms with E-state index in [1.807, 2.05) is 0 Å². The van der Waals surface area contributed by atoms with Crippen LogP contribution < -0.4 is 10.6 Å². The van der Waals surface area contributed by atoms with Crippen molar-refractivity contribution >= 4 is 17.5 Å². The minimum atomic E-state index is -0.191. The van der Waals surface area contributed by atoms with E-state index in [4.69, 9.17) is 5.73 Å². The third-order valence-electron chi connectivity index (χ3n) is 2.75. The SMILES string of the molecule is Cn1cc(N2CCN(C(=O)CN)CC2=O)cn1. The fraction of sp³-hybridized carbons (Fsp3) is 0.500. The van der Waals surface area contributed by atoms with Crippen LogP contribution in [0.2, 0.25) is 0 Å². The van der Waals surface area contributed by atoms with E-state index in [0.717, 1.165) is 5.69 Å². The fourth-order valence-corrected chi connectivity index (χ4v) is 1.84. The van der Waals surface area contributed by atoms with Crippen molar-refractivity contribution in [1.82, 2.24) is 14.7 Å². The number of anilines is 1. The summed E-state index contributed by atoms with van der Waals surface area (Å²) < 4.78 is 1.64. The van der Waals surface area contributed by atoms with Gasteiger partial charge in [0.15, 0.2) is 0 Å². The lowest BCUT2D eigenvalue weighted by Crippen LogP contribution is -2.53. The zero-order chi connectivity index (χ0) is 12.4. The fourth-order valence-electron chi connectivity index (χ4n) is 1.84. The Morgan fingerprint density at radius 1 is 1.53 bits per heavy atom. The Morgan fingerprint density at radius 2 is 2.29 bits per heavy atom. The van der Waals surface area contributed by atoms with Gasteiger partial charge in [0.25, 0.3) is 0 Å². The molecule has 0 aliphatic carbocycles. The summed E-state index contributed by atoms with van der Waals surface area (Å²) in [6.07, 6.45) is 3.41. The summed E-state index contributed by atoms with van der Waals surface area (Å²) in [6.45, 7) is 1.03. The highest BCUT2D eigenvalue weighted by Gasteiger charge is 2.27. The molecule has 0 atom stereocenters. The predicted octanol–water partition coefficient (Wildman–Crippen LogP) is -1.45. The minimum Gasteiger partial charge on any atom is -0.330 e. The van der Waals surface area contributed by atoms with Crippen LogP contribution in [0.3, 0.4) is 0 Å². The Balaban J connectivity index is 2.06. The topological polar surface area (TPSA) is 84.5 Å². The molecular weight excluding hydrogens is 222 g/mol. The smallest absolute Gasteiger partial charge is 0.246 e. The van der Waals surface area contributed by atoms with Crippen LogP contribution in [0.5, 0.6) is 0 Å². The van der Waals surface area contributed by atoms with Gasteiger partial charge in [-0.15, -0.1) is 0 Å². The summed E-state index contributed by atoms with van der Waals surface area (Å²) in [5.41, 5.74) is 6.03. The number of nitrogens with zero attached hydrogens (tertiary/aromatic N) is 4. The molecule has 0 radical (unpaired) electrons. The van der Waals surface area contributed by atoms with E-state index in [9.17, 15) is 9.59 Å². The van der Waals surface area contributed by atoms with Gasteiger partial charge in [-0.1, -0.05) is 0 Å². The van der Waals surface area contributed by atoms with E-state index in [-0.39, 0.29) is 24.9 Å². The average Bonchev–Trinajstić information content (AvgIpc) is 2.74. The van der Waals surface area contributed by atoms with Crippen molar-refractivity contribution in [3.8, 4) is 0 Å². The molecule has 0 aromatic carbocycles. The largest absolute Gasteiger partial charge is 0.330 e. The van der Waals surface area contributed by atoms with Crippen molar-refractivity contribution in [3.63, 3.8) is 0 Å². The standard InChI is InChI=1S/C10H15N5O2/c1-13-6-8(5-12-13)15-3-2-14(7-10(15)17)9(16)4-11/h5-6H,2-4,7,11H2,1H3. The quantitative estimate of drug-likeness (QED) is 0.682. The summed E-state index contributed by atoms with van der Waals surface area (Å²) in [6, 6.07) is 0. The number of hydrogen-bond acceptors (Lipinski definition) is 4. The molecule has 1 aromatic rings. The second-order valence-electron chi connectivity index (χ2n) is 3.94. The first-order chi connectivity index (χ1) is 8.11. The minimum absolute atomic E-state index is 0.0554. The van der Waals surface area contributed by atoms with Crippen molar-refractivity contribution < 1.29 is 9.59 Å². The zero-order valence-electron chi connectivity index (χ0n) is 9.67. The number of carbonyl (C=O) groups excluding carboxylic acids is 2. The third kappa shape index (κ3) is 2.28. The van der Waals surface area contributed by atoms with E-state index in [0.29, 0.717) is 13.1 Å². The first kappa shape index (κ1) is 11.6. The first-order valence-electron chi connectivity index (χ1n) is 5.38. The van der Waals surface area contributed by atoms with Gasteiger partial charge < -0.3 is 15.5 Å². The van der Waals surface area contributed by atoms with Gasteiger partial charge in [-0.3, -0.25) is 14.3 Å². The van der Waals surface area contributed by atoms with Crippen molar-refractivity contribution in [2.45, 2.75) is 0 Å². The van der Waals surface area contributed by atoms with E-state index < -0.39 is 0 Å². The van der Waals surface area contributed by atoms with E-state index >= 15 is 0 Å². The number of aryl methyl sites for hydroxylation is 1. The Morgan fingerprint density at radius 3 is 2.82 bits per heavy atom. The lowest BCUT2D eigenvalue weighted by Gasteiger charge is -2.33. The van der Waals surface area contributed by atoms with Crippen molar-refractivity contribution in [1.29, 1.82) is 0 Å². The zero-order valence-corrected chi connectivity index (χ0v) is 9.67. The number of aromatic nitrogens is 2. The normalized spacial score (nSPS) is 16.5. The van der Waals surface area contributed by atoms with E-state index in [1.54, 1.807) is 29.0 Å². The van der Waals surface area contributed by atoms with E-state index in [1.165, 1.54) is 4.90 Å². The van der Waals surface area contributed by atoms with Gasteiger partial charge in [0.05, 0.1) is 18.4 Å². The van der Waals surface area contributed by atoms with Gasteiger partial charge >= 0.3 is 0 Å². The highest BCUT2D eigenvalue weighted by atomic mass is 16.2. The molecule has 2 amide bonds. The Hall–Kier alpha value is -1.89. The Bertz CT molecular complexity index is 442. The molecular formula is C10H15N5O2. The third-order valence-corrected chi connectivity index (χ3v) is 2.75. The molecule has 7 nitrogen and oxygen atoms in total. The Kier molecular flexibility index (Phi) is 3.10. The maximum Gasteiger partial charge on any atom is 0.246 e. The van der Waals surface area contributed by atoms with Crippen molar-refractivity contribution in [2.75, 3.05) is 31.1 Å². The van der Waals surface area contributed by atoms with Crippen LogP contribution in [-0.4, -0.2) is 52.7 Å². The van der Waals surface area contributed by atoms with Crippen LogP contribution in [0.1, 0.15) is 0 Å². The molecule has 17 heavy (non-hydrogen) atoms. The van der Waals surface area contributed by atoms with Gasteiger partial charge in [-0.05, 0) is 0 Å². The number of hydrogen-bond donors (Lipinski definition) is 1. The molecule has 92 valence electrons. The highest BCUT2D eigenvalue weighted by molar-refractivity contribution is 5.97. The number of amides is 2. The summed E-state index contributed by atoms with van der Waals surface area (Å²) >= 11 is 0. The van der Waals surface area contributed by atoms with Crippen LogP contribution >= 0.6 is 0 Å². The van der Waals surface area contributed by atoms with Crippen LogP contribution in [-0.2, 0) is 16.6 Å². The van der Waals surface area contributed by atoms with Crippen LogP contribution in [0.25, 0.3) is 0 Å². The van der Waals surface area contributed by atoms with Crippen LogP contribution in [0.15, 0.2) is 12.4 Å². The molecule has 1 aromatic heterocycles. The second-order valence-corrected chi connectivity index (χ2v) is 3.94. The Labute approximate surface area is 98.8 Å². The number of rotatable bonds is 2. The summed E-state index contributed by atoms with van der Waals surface area (Å²) in [5.74, 6) is -0.296. The lowest BCUT2D eigenvalue weighted by molar-refractivity contribution is -0.135. The molecule has 2 heterocycles. The van der Waals surface area contributed by atoms with Gasteiger partial charge in [0.2, 0.25) is 11.8 Å². The van der Waals surface area contributed by atoms with Crippen molar-refractivity contribution in [2.24, 2.45) is 12.8 Å². The van der Waals surface area contributed by atoms with Crippen LogP contribution in [0, 0.1) is 0 Å². The maximum atomic E-state index is 11.9. The maximum absolute atomic E-state index is 11.9. The monoisotopic (exact) mass is 237 g/mol. The molecule has 0 unspecified atom stereocenters. The van der Waals surface area contributed by atoms with Gasteiger partial charge in [0, 0.05) is 26.3 Å². The molecule has 1 aliphatic rings. The molecule has 2 rings (SSSR count). The molecule has 0 saturated carbocycles. The number of nitrogens with two attached hydrogens (primary N) is 1. The number of carbonyl (C=O) groups is 2. The highest BCUT2D eigenvalue weighted by Crippen LogP contribution is 2.15. The van der Waals surface area contributed by atoms with Crippen LogP contribution in [0.4, 0.5) is 5.69 Å². The molecule has 0 bridgehead atoms. The lowest BCUT2D eigenvalue weighted by atomic mass is 10.3. The molecule has 7 heteroatoms. The molecule has 1 aliphatic heterocycles. The first-order valence-corrected chi connectivity index (χ1v) is 5.38. The summed E-state index contributed by atoms with van der Waals surface area (Å²) in [7, 11) is 1.79. The molecule has 0 spiro atoms. The van der Waals surface area contributed by atoms with E-state index in [2.05, 4.69) is 5.10 Å².